The quantitative estimate of drug-likeness (QED) is 0.929. The van der Waals surface area contributed by atoms with Crippen LogP contribution in [0.3, 0.4) is 0 Å². The average Bonchev–Trinajstić information content (AvgIpc) is 2.95. The zero-order valence-electron chi connectivity index (χ0n) is 11.6. The third-order valence-corrected chi connectivity index (χ3v) is 3.79. The highest BCUT2D eigenvalue weighted by Gasteiger charge is 2.21. The number of carbonyl (C=O) groups is 1. The van der Waals surface area contributed by atoms with E-state index in [9.17, 15) is 4.79 Å². The number of carbonyl (C=O) groups excluding carboxylic acids is 1. The fourth-order valence-corrected chi connectivity index (χ4v) is 2.59. The van der Waals surface area contributed by atoms with Gasteiger partial charge in [0.05, 0.1) is 13.5 Å². The number of nitrogens with zero attached hydrogens (tertiary/aromatic N) is 1. The Labute approximate surface area is 118 Å². The zero-order valence-corrected chi connectivity index (χ0v) is 11.6. The van der Waals surface area contributed by atoms with Crippen molar-refractivity contribution < 1.29 is 9.53 Å². The first-order chi connectivity index (χ1) is 9.76. The van der Waals surface area contributed by atoms with Crippen LogP contribution in [0.2, 0.25) is 0 Å². The summed E-state index contributed by atoms with van der Waals surface area (Å²) in [7, 11) is 1.64. The number of nitrogens with one attached hydrogen (secondary N) is 1. The molecule has 0 atom stereocenters. The Kier molecular flexibility index (Phi) is 3.46. The van der Waals surface area contributed by atoms with Gasteiger partial charge in [-0.3, -0.25) is 4.79 Å². The SMILES string of the molecule is COc1ccc(CC(=O)N2CCc3[nH]ccc3C2)cc1. The van der Waals surface area contributed by atoms with Gasteiger partial charge >= 0.3 is 0 Å². The van der Waals surface area contributed by atoms with Crippen molar-refractivity contribution in [3.05, 3.63) is 53.3 Å². The first kappa shape index (κ1) is 12.8. The lowest BCUT2D eigenvalue weighted by Gasteiger charge is -2.27. The number of ether oxygens (including phenoxy) is 1. The number of aromatic amines is 1. The lowest BCUT2D eigenvalue weighted by atomic mass is 10.1. The van der Waals surface area contributed by atoms with Crippen LogP contribution >= 0.6 is 0 Å². The molecule has 3 rings (SSSR count). The number of hydrogen-bond donors (Lipinski definition) is 1. The van der Waals surface area contributed by atoms with Crippen LogP contribution in [0, 0.1) is 0 Å². The highest BCUT2D eigenvalue weighted by atomic mass is 16.5. The number of methoxy groups -OCH3 is 1. The van der Waals surface area contributed by atoms with Crippen LogP contribution in [0.1, 0.15) is 16.8 Å². The van der Waals surface area contributed by atoms with Crippen molar-refractivity contribution in [3.63, 3.8) is 0 Å². The molecular formula is C16H18N2O2. The second-order valence-electron chi connectivity index (χ2n) is 5.07. The molecule has 1 amide bonds. The summed E-state index contributed by atoms with van der Waals surface area (Å²) in [4.78, 5) is 17.5. The minimum absolute atomic E-state index is 0.182. The van der Waals surface area contributed by atoms with E-state index in [1.165, 1.54) is 11.3 Å². The number of aromatic nitrogens is 1. The van der Waals surface area contributed by atoms with Crippen LogP contribution in [0.15, 0.2) is 36.5 Å². The molecule has 1 aromatic heterocycles. The predicted molar refractivity (Wildman–Crippen MR) is 76.6 cm³/mol. The molecule has 0 bridgehead atoms. The molecule has 104 valence electrons. The first-order valence-electron chi connectivity index (χ1n) is 6.82. The molecule has 0 radical (unpaired) electrons. The fraction of sp³-hybridized carbons (Fsp3) is 0.312. The van der Waals surface area contributed by atoms with Gasteiger partial charge in [0.25, 0.3) is 0 Å². The topological polar surface area (TPSA) is 45.3 Å². The smallest absolute Gasteiger partial charge is 0.227 e. The Morgan fingerprint density at radius 2 is 2.10 bits per heavy atom. The first-order valence-corrected chi connectivity index (χ1v) is 6.82. The normalized spacial score (nSPS) is 13.9. The second-order valence-corrected chi connectivity index (χ2v) is 5.07. The van der Waals surface area contributed by atoms with Crippen molar-refractivity contribution in [2.45, 2.75) is 19.4 Å². The van der Waals surface area contributed by atoms with Gasteiger partial charge in [0.1, 0.15) is 5.75 Å². The molecule has 1 N–H and O–H groups in total. The molecule has 4 heteroatoms. The Morgan fingerprint density at radius 1 is 1.30 bits per heavy atom. The van der Waals surface area contributed by atoms with E-state index in [-0.39, 0.29) is 5.91 Å². The van der Waals surface area contributed by atoms with Gasteiger partial charge in [0, 0.05) is 31.4 Å². The van der Waals surface area contributed by atoms with Crippen molar-refractivity contribution in [1.29, 1.82) is 0 Å². The van der Waals surface area contributed by atoms with E-state index in [0.29, 0.717) is 13.0 Å². The summed E-state index contributed by atoms with van der Waals surface area (Å²) in [6.45, 7) is 1.51. The van der Waals surface area contributed by atoms with Gasteiger partial charge in [-0.1, -0.05) is 12.1 Å². The van der Waals surface area contributed by atoms with Gasteiger partial charge in [-0.2, -0.15) is 0 Å². The van der Waals surface area contributed by atoms with Crippen molar-refractivity contribution in [2.75, 3.05) is 13.7 Å². The van der Waals surface area contributed by atoms with Crippen molar-refractivity contribution in [2.24, 2.45) is 0 Å². The zero-order chi connectivity index (χ0) is 13.9. The second kappa shape index (κ2) is 5.41. The molecule has 20 heavy (non-hydrogen) atoms. The van der Waals surface area contributed by atoms with Crippen LogP contribution in [-0.2, 0) is 24.2 Å². The number of benzene rings is 1. The molecule has 1 aliphatic heterocycles. The largest absolute Gasteiger partial charge is 0.497 e. The molecule has 2 heterocycles. The van der Waals surface area contributed by atoms with E-state index in [1.54, 1.807) is 7.11 Å². The standard InChI is InChI=1S/C16H18N2O2/c1-20-14-4-2-12(3-5-14)10-16(19)18-9-7-15-13(11-18)6-8-17-15/h2-6,8,17H,7,9-11H2,1H3. The monoisotopic (exact) mass is 270 g/mol. The van der Waals surface area contributed by atoms with Gasteiger partial charge in [-0.25, -0.2) is 0 Å². The summed E-state index contributed by atoms with van der Waals surface area (Å²) in [5.74, 6) is 0.998. The van der Waals surface area contributed by atoms with Crippen LogP contribution < -0.4 is 4.74 Å². The number of amides is 1. The minimum Gasteiger partial charge on any atom is -0.497 e. The number of H-pyrrole nitrogens is 1. The maximum absolute atomic E-state index is 12.3. The Morgan fingerprint density at radius 3 is 2.85 bits per heavy atom. The van der Waals surface area contributed by atoms with Crippen LogP contribution in [0.25, 0.3) is 0 Å². The summed E-state index contributed by atoms with van der Waals surface area (Å²) in [6, 6.07) is 9.74. The summed E-state index contributed by atoms with van der Waals surface area (Å²) in [6.07, 6.45) is 3.31. The molecule has 0 saturated heterocycles. The summed E-state index contributed by atoms with van der Waals surface area (Å²) in [5, 5.41) is 0. The van der Waals surface area contributed by atoms with E-state index >= 15 is 0 Å². The third-order valence-electron chi connectivity index (χ3n) is 3.79. The van der Waals surface area contributed by atoms with E-state index < -0.39 is 0 Å². The van der Waals surface area contributed by atoms with Crippen molar-refractivity contribution >= 4 is 5.91 Å². The highest BCUT2D eigenvalue weighted by molar-refractivity contribution is 5.79. The maximum atomic E-state index is 12.3. The molecule has 4 nitrogen and oxygen atoms in total. The average molecular weight is 270 g/mol. The maximum Gasteiger partial charge on any atom is 0.227 e. The third kappa shape index (κ3) is 2.54. The molecular weight excluding hydrogens is 252 g/mol. The Bertz CT molecular complexity index is 601. The van der Waals surface area contributed by atoms with E-state index in [0.717, 1.165) is 24.3 Å². The summed E-state index contributed by atoms with van der Waals surface area (Å²) < 4.78 is 5.12. The highest BCUT2D eigenvalue weighted by Crippen LogP contribution is 2.19. The van der Waals surface area contributed by atoms with Crippen molar-refractivity contribution in [3.8, 4) is 5.75 Å². The minimum atomic E-state index is 0.182. The summed E-state index contributed by atoms with van der Waals surface area (Å²) >= 11 is 0. The van der Waals surface area contributed by atoms with Gasteiger partial charge in [0.15, 0.2) is 0 Å². The molecule has 0 aliphatic carbocycles. The predicted octanol–water partition coefficient (Wildman–Crippen LogP) is 2.15. The molecule has 1 aliphatic rings. The van der Waals surface area contributed by atoms with Crippen LogP contribution in [-0.4, -0.2) is 29.4 Å². The lowest BCUT2D eigenvalue weighted by molar-refractivity contribution is -0.131. The Hall–Kier alpha value is -2.23. The number of rotatable bonds is 3. The van der Waals surface area contributed by atoms with E-state index in [1.807, 2.05) is 35.4 Å². The molecule has 0 unspecified atom stereocenters. The fourth-order valence-electron chi connectivity index (χ4n) is 2.59. The lowest BCUT2D eigenvalue weighted by Crippen LogP contribution is -2.36. The molecule has 2 aromatic rings. The summed E-state index contributed by atoms with van der Waals surface area (Å²) in [5.41, 5.74) is 3.52. The van der Waals surface area contributed by atoms with Crippen molar-refractivity contribution in [1.82, 2.24) is 9.88 Å². The van der Waals surface area contributed by atoms with Crippen LogP contribution in [0.4, 0.5) is 0 Å². The van der Waals surface area contributed by atoms with Crippen LogP contribution in [0.5, 0.6) is 5.75 Å². The van der Waals surface area contributed by atoms with Gasteiger partial charge in [-0.15, -0.1) is 0 Å². The van der Waals surface area contributed by atoms with Gasteiger partial charge in [0.2, 0.25) is 5.91 Å². The van der Waals surface area contributed by atoms with Gasteiger partial charge < -0.3 is 14.6 Å². The molecule has 0 fully saturated rings. The molecule has 1 aromatic carbocycles. The molecule has 0 saturated carbocycles. The number of fused-ring (bicyclic) bond motifs is 1. The van der Waals surface area contributed by atoms with E-state index in [2.05, 4.69) is 11.1 Å². The van der Waals surface area contributed by atoms with E-state index in [4.69, 9.17) is 4.74 Å². The number of hydrogen-bond acceptors (Lipinski definition) is 2. The molecule has 0 spiro atoms. The Balaban J connectivity index is 1.65. The van der Waals surface area contributed by atoms with Gasteiger partial charge in [-0.05, 0) is 29.3 Å².